The van der Waals surface area contributed by atoms with E-state index in [2.05, 4.69) is 0 Å². The number of nitrogens with two attached hydrogens (primary N) is 1. The molecule has 1 saturated heterocycles. The van der Waals surface area contributed by atoms with Crippen molar-refractivity contribution in [2.24, 2.45) is 5.73 Å². The standard InChI is InChI=1S/C17H18N2O2/c18-14-10-17(20)19(12-14)11-13-6-8-16(9-7-13)21-15-4-2-1-3-5-15/h1-9,14H,10-12,18H2. The molecule has 4 heteroatoms. The summed E-state index contributed by atoms with van der Waals surface area (Å²) in [4.78, 5) is 13.5. The Hall–Kier alpha value is -2.33. The first-order valence-corrected chi connectivity index (χ1v) is 7.06. The highest BCUT2D eigenvalue weighted by Crippen LogP contribution is 2.22. The first-order valence-electron chi connectivity index (χ1n) is 7.06. The molecule has 0 radical (unpaired) electrons. The van der Waals surface area contributed by atoms with Gasteiger partial charge >= 0.3 is 0 Å². The van der Waals surface area contributed by atoms with Gasteiger partial charge in [0.1, 0.15) is 11.5 Å². The van der Waals surface area contributed by atoms with Crippen molar-refractivity contribution in [2.45, 2.75) is 19.0 Å². The zero-order valence-electron chi connectivity index (χ0n) is 11.7. The molecule has 1 unspecified atom stereocenters. The average molecular weight is 282 g/mol. The van der Waals surface area contributed by atoms with Crippen LogP contribution in [0.25, 0.3) is 0 Å². The largest absolute Gasteiger partial charge is 0.457 e. The molecule has 0 bridgehead atoms. The fourth-order valence-corrected chi connectivity index (χ4v) is 2.46. The minimum absolute atomic E-state index is 0.0295. The van der Waals surface area contributed by atoms with Gasteiger partial charge in [0, 0.05) is 25.6 Å². The third kappa shape index (κ3) is 3.41. The highest BCUT2D eigenvalue weighted by molar-refractivity contribution is 5.79. The lowest BCUT2D eigenvalue weighted by Crippen LogP contribution is -2.27. The molecule has 1 aliphatic heterocycles. The zero-order valence-corrected chi connectivity index (χ0v) is 11.7. The summed E-state index contributed by atoms with van der Waals surface area (Å²) in [5.74, 6) is 1.73. The fourth-order valence-electron chi connectivity index (χ4n) is 2.46. The Morgan fingerprint density at radius 3 is 2.33 bits per heavy atom. The molecule has 1 aliphatic rings. The molecule has 1 fully saturated rings. The predicted molar refractivity (Wildman–Crippen MR) is 81.0 cm³/mol. The Morgan fingerprint density at radius 1 is 1.05 bits per heavy atom. The molecule has 1 atom stereocenters. The molecule has 4 nitrogen and oxygen atoms in total. The second kappa shape index (κ2) is 5.97. The molecule has 2 N–H and O–H groups in total. The van der Waals surface area contributed by atoms with E-state index in [1.54, 1.807) is 4.90 Å². The van der Waals surface area contributed by atoms with Gasteiger partial charge in [0.2, 0.25) is 5.91 Å². The first-order chi connectivity index (χ1) is 10.2. The van der Waals surface area contributed by atoms with E-state index in [0.717, 1.165) is 17.1 Å². The van der Waals surface area contributed by atoms with E-state index in [-0.39, 0.29) is 11.9 Å². The summed E-state index contributed by atoms with van der Waals surface area (Å²) in [6.07, 6.45) is 0.454. The third-order valence-electron chi connectivity index (χ3n) is 3.52. The van der Waals surface area contributed by atoms with Gasteiger partial charge in [0.05, 0.1) is 0 Å². The molecule has 1 amide bonds. The average Bonchev–Trinajstić information content (AvgIpc) is 2.80. The van der Waals surface area contributed by atoms with Gasteiger partial charge in [-0.25, -0.2) is 0 Å². The number of hydrogen-bond acceptors (Lipinski definition) is 3. The first kappa shape index (κ1) is 13.6. The van der Waals surface area contributed by atoms with Crippen LogP contribution in [0.5, 0.6) is 11.5 Å². The number of para-hydroxylation sites is 1. The Balaban J connectivity index is 1.63. The number of amides is 1. The van der Waals surface area contributed by atoms with Crippen molar-refractivity contribution in [3.63, 3.8) is 0 Å². The van der Waals surface area contributed by atoms with Crippen molar-refractivity contribution in [1.82, 2.24) is 4.90 Å². The van der Waals surface area contributed by atoms with Crippen molar-refractivity contribution in [3.8, 4) is 11.5 Å². The summed E-state index contributed by atoms with van der Waals surface area (Å²) in [6.45, 7) is 1.25. The van der Waals surface area contributed by atoms with Gasteiger partial charge in [-0.2, -0.15) is 0 Å². The van der Waals surface area contributed by atoms with E-state index in [1.165, 1.54) is 0 Å². The lowest BCUT2D eigenvalue weighted by Gasteiger charge is -2.16. The Morgan fingerprint density at radius 2 is 1.71 bits per heavy atom. The molecule has 0 spiro atoms. The topological polar surface area (TPSA) is 55.6 Å². The molecule has 108 valence electrons. The second-order valence-electron chi connectivity index (χ2n) is 5.30. The van der Waals surface area contributed by atoms with Crippen LogP contribution in [-0.2, 0) is 11.3 Å². The van der Waals surface area contributed by atoms with Crippen LogP contribution in [0.4, 0.5) is 0 Å². The SMILES string of the molecule is NC1CC(=O)N(Cc2ccc(Oc3ccccc3)cc2)C1. The minimum atomic E-state index is -0.0295. The lowest BCUT2D eigenvalue weighted by molar-refractivity contribution is -0.128. The highest BCUT2D eigenvalue weighted by Gasteiger charge is 2.26. The van der Waals surface area contributed by atoms with Crippen LogP contribution in [-0.4, -0.2) is 23.4 Å². The molecule has 21 heavy (non-hydrogen) atoms. The molecular formula is C17H18N2O2. The molecule has 2 aromatic rings. The number of hydrogen-bond donors (Lipinski definition) is 1. The number of benzene rings is 2. The van der Waals surface area contributed by atoms with E-state index >= 15 is 0 Å². The van der Waals surface area contributed by atoms with Gasteiger partial charge in [-0.05, 0) is 29.8 Å². The van der Waals surface area contributed by atoms with Crippen LogP contribution in [0.3, 0.4) is 0 Å². The number of nitrogens with zero attached hydrogens (tertiary/aromatic N) is 1. The molecule has 0 saturated carbocycles. The summed E-state index contributed by atoms with van der Waals surface area (Å²) in [7, 11) is 0. The maximum atomic E-state index is 11.7. The van der Waals surface area contributed by atoms with Crippen molar-refractivity contribution < 1.29 is 9.53 Å². The van der Waals surface area contributed by atoms with Crippen molar-refractivity contribution in [2.75, 3.05) is 6.54 Å². The van der Waals surface area contributed by atoms with Crippen LogP contribution in [0.15, 0.2) is 54.6 Å². The number of likely N-dealkylation sites (tertiary alicyclic amines) is 1. The van der Waals surface area contributed by atoms with Gasteiger partial charge in [-0.3, -0.25) is 4.79 Å². The van der Waals surface area contributed by atoms with Gasteiger partial charge in [0.25, 0.3) is 0 Å². The van der Waals surface area contributed by atoms with Crippen LogP contribution in [0, 0.1) is 0 Å². The van der Waals surface area contributed by atoms with Gasteiger partial charge in [-0.15, -0.1) is 0 Å². The monoisotopic (exact) mass is 282 g/mol. The summed E-state index contributed by atoms with van der Waals surface area (Å²) in [6, 6.07) is 17.4. The summed E-state index contributed by atoms with van der Waals surface area (Å²) in [5, 5.41) is 0. The molecule has 0 aliphatic carbocycles. The van der Waals surface area contributed by atoms with Gasteiger partial charge < -0.3 is 15.4 Å². The van der Waals surface area contributed by atoms with Gasteiger partial charge in [0.15, 0.2) is 0 Å². The van der Waals surface area contributed by atoms with E-state index < -0.39 is 0 Å². The summed E-state index contributed by atoms with van der Waals surface area (Å²) < 4.78 is 5.74. The number of rotatable bonds is 4. The Kier molecular flexibility index (Phi) is 3.88. The molecule has 2 aromatic carbocycles. The number of carbonyl (C=O) groups is 1. The molecule has 0 aromatic heterocycles. The summed E-state index contributed by atoms with van der Waals surface area (Å²) >= 11 is 0. The fraction of sp³-hybridized carbons (Fsp3) is 0.235. The normalized spacial score (nSPS) is 18.0. The van der Waals surface area contributed by atoms with Crippen LogP contribution < -0.4 is 10.5 Å². The summed E-state index contributed by atoms with van der Waals surface area (Å²) in [5.41, 5.74) is 6.88. The van der Waals surface area contributed by atoms with E-state index in [1.807, 2.05) is 54.6 Å². The second-order valence-corrected chi connectivity index (χ2v) is 5.30. The molecular weight excluding hydrogens is 264 g/mol. The smallest absolute Gasteiger partial charge is 0.224 e. The third-order valence-corrected chi connectivity index (χ3v) is 3.52. The van der Waals surface area contributed by atoms with Crippen LogP contribution in [0.2, 0.25) is 0 Å². The minimum Gasteiger partial charge on any atom is -0.457 e. The van der Waals surface area contributed by atoms with Crippen LogP contribution >= 0.6 is 0 Å². The molecule has 1 heterocycles. The van der Waals surface area contributed by atoms with E-state index in [4.69, 9.17) is 10.5 Å². The van der Waals surface area contributed by atoms with Crippen molar-refractivity contribution >= 4 is 5.91 Å². The lowest BCUT2D eigenvalue weighted by atomic mass is 10.2. The molecule has 3 rings (SSSR count). The highest BCUT2D eigenvalue weighted by atomic mass is 16.5. The Labute approximate surface area is 124 Å². The number of ether oxygens (including phenoxy) is 1. The number of carbonyl (C=O) groups excluding carboxylic acids is 1. The van der Waals surface area contributed by atoms with Crippen molar-refractivity contribution in [1.29, 1.82) is 0 Å². The predicted octanol–water partition coefficient (Wildman–Crippen LogP) is 2.54. The quantitative estimate of drug-likeness (QED) is 0.937. The maximum Gasteiger partial charge on any atom is 0.224 e. The van der Waals surface area contributed by atoms with Gasteiger partial charge in [-0.1, -0.05) is 30.3 Å². The maximum absolute atomic E-state index is 11.7. The van der Waals surface area contributed by atoms with E-state index in [9.17, 15) is 4.79 Å². The van der Waals surface area contributed by atoms with E-state index in [0.29, 0.717) is 19.5 Å². The van der Waals surface area contributed by atoms with Crippen molar-refractivity contribution in [3.05, 3.63) is 60.2 Å². The Bertz CT molecular complexity index is 610. The van der Waals surface area contributed by atoms with Crippen LogP contribution in [0.1, 0.15) is 12.0 Å². The zero-order chi connectivity index (χ0) is 14.7.